The van der Waals surface area contributed by atoms with Crippen LogP contribution in [0.15, 0.2) is 17.1 Å². The summed E-state index contributed by atoms with van der Waals surface area (Å²) in [4.78, 5) is 6.91. The number of nitrogens with zero attached hydrogens (tertiary/aromatic N) is 2. The number of ether oxygens (including phenoxy) is 2. The Morgan fingerprint density at radius 3 is 2.78 bits per heavy atom. The van der Waals surface area contributed by atoms with Crippen LogP contribution < -0.4 is 20.1 Å². The fourth-order valence-corrected chi connectivity index (χ4v) is 3.86. The number of hydrogen-bond acceptors (Lipinski definition) is 4. The van der Waals surface area contributed by atoms with Gasteiger partial charge in [0.25, 0.3) is 0 Å². The number of aliphatic imine (C=N–C) groups is 1. The SMILES string of the molecule is CCCN1CCC(NC(=NC)NCc2cc(Cl)c3c(c2)OCCCO3)CC1. The van der Waals surface area contributed by atoms with Crippen LogP contribution >= 0.6 is 11.6 Å². The second-order valence-corrected chi connectivity index (χ2v) is 7.55. The maximum Gasteiger partial charge on any atom is 0.191 e. The molecule has 2 heterocycles. The molecule has 1 aromatic carbocycles. The number of piperidine rings is 1. The monoisotopic (exact) mass is 394 g/mol. The van der Waals surface area contributed by atoms with Crippen LogP contribution in [0.25, 0.3) is 0 Å². The van der Waals surface area contributed by atoms with E-state index in [0.717, 1.165) is 49.6 Å². The fourth-order valence-electron chi connectivity index (χ4n) is 3.58. The van der Waals surface area contributed by atoms with Crippen LogP contribution in [0, 0.1) is 0 Å². The summed E-state index contributed by atoms with van der Waals surface area (Å²) in [5.41, 5.74) is 1.05. The molecule has 150 valence electrons. The lowest BCUT2D eigenvalue weighted by Gasteiger charge is -2.32. The molecular weight excluding hydrogens is 364 g/mol. The Hall–Kier alpha value is -1.66. The first-order valence-corrected chi connectivity index (χ1v) is 10.3. The Bertz CT molecular complexity index is 645. The molecule has 3 rings (SSSR count). The summed E-state index contributed by atoms with van der Waals surface area (Å²) in [6.45, 7) is 7.66. The van der Waals surface area contributed by atoms with Crippen molar-refractivity contribution in [3.8, 4) is 11.5 Å². The summed E-state index contributed by atoms with van der Waals surface area (Å²) in [5.74, 6) is 2.20. The van der Waals surface area contributed by atoms with E-state index in [2.05, 4.69) is 27.4 Å². The van der Waals surface area contributed by atoms with Gasteiger partial charge in [-0.3, -0.25) is 4.99 Å². The largest absolute Gasteiger partial charge is 0.489 e. The van der Waals surface area contributed by atoms with Gasteiger partial charge in [-0.1, -0.05) is 18.5 Å². The zero-order valence-corrected chi connectivity index (χ0v) is 17.1. The minimum Gasteiger partial charge on any atom is -0.489 e. The molecule has 0 amide bonds. The van der Waals surface area contributed by atoms with Gasteiger partial charge in [0.15, 0.2) is 17.5 Å². The van der Waals surface area contributed by atoms with E-state index in [1.54, 1.807) is 0 Å². The number of rotatable bonds is 5. The molecular formula is C20H31ClN4O2. The zero-order valence-electron chi connectivity index (χ0n) is 16.4. The molecule has 2 N–H and O–H groups in total. The van der Waals surface area contributed by atoms with Crippen LogP contribution in [-0.4, -0.2) is 56.8 Å². The van der Waals surface area contributed by atoms with Crippen LogP contribution in [-0.2, 0) is 6.54 Å². The lowest BCUT2D eigenvalue weighted by Crippen LogP contribution is -2.48. The van der Waals surface area contributed by atoms with E-state index in [0.29, 0.717) is 36.6 Å². The number of fused-ring (bicyclic) bond motifs is 1. The maximum atomic E-state index is 6.38. The average Bonchev–Trinajstić information content (AvgIpc) is 2.92. The molecule has 27 heavy (non-hydrogen) atoms. The van der Waals surface area contributed by atoms with Gasteiger partial charge in [-0.05, 0) is 43.5 Å². The maximum absolute atomic E-state index is 6.38. The Balaban J connectivity index is 1.53. The summed E-state index contributed by atoms with van der Waals surface area (Å²) in [6, 6.07) is 4.39. The molecule has 0 aliphatic carbocycles. The third kappa shape index (κ3) is 5.66. The second-order valence-electron chi connectivity index (χ2n) is 7.14. The van der Waals surface area contributed by atoms with E-state index in [9.17, 15) is 0 Å². The third-order valence-corrected chi connectivity index (χ3v) is 5.29. The van der Waals surface area contributed by atoms with Gasteiger partial charge in [-0.15, -0.1) is 0 Å². The van der Waals surface area contributed by atoms with Crippen molar-refractivity contribution in [2.24, 2.45) is 4.99 Å². The van der Waals surface area contributed by atoms with Crippen molar-refractivity contribution >= 4 is 17.6 Å². The molecule has 0 radical (unpaired) electrons. The molecule has 1 fully saturated rings. The quantitative estimate of drug-likeness (QED) is 0.593. The molecule has 1 aromatic rings. The Morgan fingerprint density at radius 2 is 2.04 bits per heavy atom. The van der Waals surface area contributed by atoms with Crippen LogP contribution in [0.3, 0.4) is 0 Å². The van der Waals surface area contributed by atoms with Gasteiger partial charge < -0.3 is 25.0 Å². The Labute approximate surface area is 167 Å². The van der Waals surface area contributed by atoms with Gasteiger partial charge in [0.2, 0.25) is 0 Å². The van der Waals surface area contributed by atoms with Crippen molar-refractivity contribution in [3.05, 3.63) is 22.7 Å². The van der Waals surface area contributed by atoms with Gasteiger partial charge in [0, 0.05) is 39.1 Å². The molecule has 7 heteroatoms. The highest BCUT2D eigenvalue weighted by Crippen LogP contribution is 2.37. The van der Waals surface area contributed by atoms with Gasteiger partial charge in [0.05, 0.1) is 18.2 Å². The second kappa shape index (κ2) is 10.0. The van der Waals surface area contributed by atoms with Gasteiger partial charge in [0.1, 0.15) is 0 Å². The van der Waals surface area contributed by atoms with Crippen molar-refractivity contribution in [2.45, 2.75) is 45.2 Å². The molecule has 0 aromatic heterocycles. The molecule has 0 saturated carbocycles. The first-order valence-electron chi connectivity index (χ1n) is 9.97. The van der Waals surface area contributed by atoms with Crippen molar-refractivity contribution < 1.29 is 9.47 Å². The van der Waals surface area contributed by atoms with Crippen molar-refractivity contribution in [1.29, 1.82) is 0 Å². The lowest BCUT2D eigenvalue weighted by atomic mass is 10.1. The highest BCUT2D eigenvalue weighted by atomic mass is 35.5. The Morgan fingerprint density at radius 1 is 1.26 bits per heavy atom. The standard InChI is InChI=1S/C20H31ClN4O2/c1-3-7-25-8-5-16(6-9-25)24-20(22-2)23-14-15-12-17(21)19-18(13-15)26-10-4-11-27-19/h12-13,16H,3-11,14H2,1-2H3,(H2,22,23,24). The molecule has 0 atom stereocenters. The number of guanidine groups is 1. The fraction of sp³-hybridized carbons (Fsp3) is 0.650. The van der Waals surface area contributed by atoms with Gasteiger partial charge in [-0.25, -0.2) is 0 Å². The molecule has 2 aliphatic rings. The van der Waals surface area contributed by atoms with Crippen LogP contribution in [0.2, 0.25) is 5.02 Å². The van der Waals surface area contributed by atoms with E-state index >= 15 is 0 Å². The predicted octanol–water partition coefficient (Wildman–Crippen LogP) is 3.04. The van der Waals surface area contributed by atoms with E-state index in [-0.39, 0.29) is 0 Å². The highest BCUT2D eigenvalue weighted by molar-refractivity contribution is 6.32. The average molecular weight is 395 g/mol. The number of nitrogens with one attached hydrogen (secondary N) is 2. The van der Waals surface area contributed by atoms with Crippen molar-refractivity contribution in [3.63, 3.8) is 0 Å². The number of hydrogen-bond donors (Lipinski definition) is 2. The number of halogens is 1. The van der Waals surface area contributed by atoms with Gasteiger partial charge >= 0.3 is 0 Å². The molecule has 0 bridgehead atoms. The summed E-state index contributed by atoms with van der Waals surface area (Å²) < 4.78 is 11.5. The minimum atomic E-state index is 0.469. The van der Waals surface area contributed by atoms with E-state index < -0.39 is 0 Å². The zero-order chi connectivity index (χ0) is 19.1. The third-order valence-electron chi connectivity index (χ3n) is 5.01. The van der Waals surface area contributed by atoms with E-state index in [1.165, 1.54) is 13.0 Å². The Kier molecular flexibility index (Phi) is 7.47. The lowest BCUT2D eigenvalue weighted by molar-refractivity contribution is 0.206. The van der Waals surface area contributed by atoms with Crippen LogP contribution in [0.5, 0.6) is 11.5 Å². The highest BCUT2D eigenvalue weighted by Gasteiger charge is 2.20. The number of likely N-dealkylation sites (tertiary alicyclic amines) is 1. The minimum absolute atomic E-state index is 0.469. The summed E-state index contributed by atoms with van der Waals surface area (Å²) >= 11 is 6.38. The van der Waals surface area contributed by atoms with Crippen molar-refractivity contribution in [2.75, 3.05) is 39.9 Å². The normalized spacial score (nSPS) is 18.9. The molecule has 0 unspecified atom stereocenters. The first-order chi connectivity index (χ1) is 13.2. The first kappa shape index (κ1) is 20.1. The summed E-state index contributed by atoms with van der Waals surface area (Å²) in [6.07, 6.45) is 4.39. The van der Waals surface area contributed by atoms with Crippen LogP contribution in [0.4, 0.5) is 0 Å². The molecule has 6 nitrogen and oxygen atoms in total. The number of benzene rings is 1. The van der Waals surface area contributed by atoms with E-state index in [1.807, 2.05) is 19.2 Å². The van der Waals surface area contributed by atoms with Crippen LogP contribution in [0.1, 0.15) is 38.2 Å². The van der Waals surface area contributed by atoms with Crippen molar-refractivity contribution in [1.82, 2.24) is 15.5 Å². The topological polar surface area (TPSA) is 58.1 Å². The summed E-state index contributed by atoms with van der Waals surface area (Å²) in [7, 11) is 1.81. The molecule has 1 saturated heterocycles. The predicted molar refractivity (Wildman–Crippen MR) is 110 cm³/mol. The van der Waals surface area contributed by atoms with Gasteiger partial charge in [-0.2, -0.15) is 0 Å². The molecule has 0 spiro atoms. The smallest absolute Gasteiger partial charge is 0.191 e. The summed E-state index contributed by atoms with van der Waals surface area (Å²) in [5, 5.41) is 7.53. The molecule has 2 aliphatic heterocycles. The van der Waals surface area contributed by atoms with E-state index in [4.69, 9.17) is 21.1 Å².